The van der Waals surface area contributed by atoms with Crippen LogP contribution in [-0.2, 0) is 36.6 Å². The quantitative estimate of drug-likeness (QED) is 0.811. The van der Waals surface area contributed by atoms with E-state index in [1.54, 1.807) is 17.9 Å². The first-order chi connectivity index (χ1) is 9.46. The minimum Gasteiger partial charge on any atom is -0.446 e. The van der Waals surface area contributed by atoms with Crippen molar-refractivity contribution < 1.29 is 17.9 Å². The molecular formula is C12H17N3O4S. The van der Waals surface area contributed by atoms with E-state index >= 15 is 0 Å². The largest absolute Gasteiger partial charge is 0.446 e. The van der Waals surface area contributed by atoms with E-state index in [0.29, 0.717) is 0 Å². The van der Waals surface area contributed by atoms with Gasteiger partial charge in [0.15, 0.2) is 0 Å². The van der Waals surface area contributed by atoms with Crippen LogP contribution < -0.4 is 4.72 Å². The molecule has 20 heavy (non-hydrogen) atoms. The molecule has 0 bridgehead atoms. The summed E-state index contributed by atoms with van der Waals surface area (Å²) in [5.41, 5.74) is 1.68. The number of aliphatic hydroxyl groups is 1. The molecule has 0 spiro atoms. The van der Waals surface area contributed by atoms with E-state index in [9.17, 15) is 8.42 Å². The van der Waals surface area contributed by atoms with Crippen LogP contribution in [0, 0.1) is 0 Å². The Hall–Kier alpha value is -1.64. The third-order valence-electron chi connectivity index (χ3n) is 2.84. The maximum absolute atomic E-state index is 12.0. The number of hydrogen-bond acceptors (Lipinski definition) is 5. The van der Waals surface area contributed by atoms with Gasteiger partial charge in [0, 0.05) is 25.4 Å². The van der Waals surface area contributed by atoms with E-state index in [1.807, 2.05) is 6.92 Å². The summed E-state index contributed by atoms with van der Waals surface area (Å²) in [7, 11) is -1.94. The Morgan fingerprint density at radius 2 is 2.20 bits per heavy atom. The molecule has 0 aliphatic rings. The van der Waals surface area contributed by atoms with Crippen molar-refractivity contribution in [1.82, 2.24) is 14.5 Å². The number of sulfonamides is 1. The fourth-order valence-electron chi connectivity index (χ4n) is 1.86. The van der Waals surface area contributed by atoms with Crippen molar-refractivity contribution >= 4 is 10.0 Å². The fourth-order valence-corrected chi connectivity index (χ4v) is 2.81. The third kappa shape index (κ3) is 3.09. The molecular weight excluding hydrogens is 282 g/mol. The molecule has 0 fully saturated rings. The molecule has 110 valence electrons. The highest BCUT2D eigenvalue weighted by Crippen LogP contribution is 2.15. The number of nitrogens with zero attached hydrogens (tertiary/aromatic N) is 2. The van der Waals surface area contributed by atoms with Gasteiger partial charge in [0.2, 0.25) is 5.09 Å². The van der Waals surface area contributed by atoms with Gasteiger partial charge in [-0.15, -0.1) is 0 Å². The van der Waals surface area contributed by atoms with Gasteiger partial charge < -0.3 is 9.52 Å². The zero-order valence-corrected chi connectivity index (χ0v) is 12.1. The topological polar surface area (TPSA) is 97.4 Å². The molecule has 0 aliphatic carbocycles. The summed E-state index contributed by atoms with van der Waals surface area (Å²) >= 11 is 0. The Morgan fingerprint density at radius 3 is 2.80 bits per heavy atom. The Kier molecular flexibility index (Phi) is 4.26. The van der Waals surface area contributed by atoms with Crippen molar-refractivity contribution in [3.63, 3.8) is 0 Å². The van der Waals surface area contributed by atoms with Gasteiger partial charge in [-0.05, 0) is 18.6 Å². The molecule has 2 aromatic heterocycles. The van der Waals surface area contributed by atoms with Crippen molar-refractivity contribution in [2.45, 2.75) is 31.6 Å². The van der Waals surface area contributed by atoms with Gasteiger partial charge in [-0.1, -0.05) is 6.92 Å². The number of aliphatic hydroxyl groups excluding tert-OH is 1. The second-order valence-electron chi connectivity index (χ2n) is 4.33. The predicted octanol–water partition coefficient (Wildman–Crippen LogP) is 0.546. The lowest BCUT2D eigenvalue weighted by molar-refractivity contribution is 0.236. The van der Waals surface area contributed by atoms with Crippen LogP contribution in [0.5, 0.6) is 0 Å². The number of hydrogen-bond donors (Lipinski definition) is 2. The van der Waals surface area contributed by atoms with E-state index in [-0.39, 0.29) is 24.0 Å². The highest BCUT2D eigenvalue weighted by atomic mass is 32.2. The minimum absolute atomic E-state index is 0.147. The summed E-state index contributed by atoms with van der Waals surface area (Å²) in [5.74, 6) is 0.209. The first kappa shape index (κ1) is 14.8. The van der Waals surface area contributed by atoms with E-state index < -0.39 is 10.0 Å². The summed E-state index contributed by atoms with van der Waals surface area (Å²) in [6, 6.07) is 2.74. The zero-order chi connectivity index (χ0) is 14.8. The normalized spacial score (nSPS) is 11.9. The molecule has 0 unspecified atom stereocenters. The van der Waals surface area contributed by atoms with Crippen molar-refractivity contribution in [2.24, 2.45) is 7.05 Å². The Morgan fingerprint density at radius 1 is 1.45 bits per heavy atom. The highest BCUT2D eigenvalue weighted by Gasteiger charge is 2.19. The van der Waals surface area contributed by atoms with E-state index in [1.165, 1.54) is 12.1 Å². The van der Waals surface area contributed by atoms with Gasteiger partial charge in [-0.3, -0.25) is 4.68 Å². The monoisotopic (exact) mass is 299 g/mol. The molecule has 2 N–H and O–H groups in total. The first-order valence-electron chi connectivity index (χ1n) is 6.17. The molecule has 2 heterocycles. The highest BCUT2D eigenvalue weighted by molar-refractivity contribution is 7.89. The maximum Gasteiger partial charge on any atom is 0.274 e. The van der Waals surface area contributed by atoms with Gasteiger partial charge in [0.05, 0.1) is 5.69 Å². The molecule has 0 amide bonds. The second kappa shape index (κ2) is 5.78. The maximum atomic E-state index is 12.0. The average Bonchev–Trinajstić information content (AvgIpc) is 3.02. The van der Waals surface area contributed by atoms with Crippen molar-refractivity contribution in [2.75, 3.05) is 0 Å². The van der Waals surface area contributed by atoms with Crippen LogP contribution in [0.3, 0.4) is 0 Å². The Bertz CT molecular complexity index is 687. The molecule has 0 atom stereocenters. The minimum atomic E-state index is -3.73. The second-order valence-corrected chi connectivity index (χ2v) is 6.03. The average molecular weight is 299 g/mol. The summed E-state index contributed by atoms with van der Waals surface area (Å²) in [6.45, 7) is 1.77. The lowest BCUT2D eigenvalue weighted by Crippen LogP contribution is -2.23. The number of aryl methyl sites for hydroxylation is 2. The predicted molar refractivity (Wildman–Crippen MR) is 71.2 cm³/mol. The molecule has 0 aromatic carbocycles. The molecule has 0 saturated heterocycles. The van der Waals surface area contributed by atoms with Gasteiger partial charge in [0.25, 0.3) is 10.0 Å². The fraction of sp³-hybridized carbons (Fsp3) is 0.417. The van der Waals surface area contributed by atoms with Crippen LogP contribution >= 0.6 is 0 Å². The molecule has 2 aromatic rings. The van der Waals surface area contributed by atoms with Crippen LogP contribution in [0.2, 0.25) is 0 Å². The molecule has 0 saturated carbocycles. The number of nitrogens with one attached hydrogen (secondary N) is 1. The van der Waals surface area contributed by atoms with E-state index in [0.717, 1.165) is 17.7 Å². The lowest BCUT2D eigenvalue weighted by Gasteiger charge is -2.03. The molecule has 2 rings (SSSR count). The summed E-state index contributed by atoms with van der Waals surface area (Å²) in [4.78, 5) is 0. The first-order valence-corrected chi connectivity index (χ1v) is 7.65. The number of aromatic nitrogens is 2. The van der Waals surface area contributed by atoms with Gasteiger partial charge in [0.1, 0.15) is 12.4 Å². The summed E-state index contributed by atoms with van der Waals surface area (Å²) in [6.07, 6.45) is 2.51. The van der Waals surface area contributed by atoms with Crippen molar-refractivity contribution in [1.29, 1.82) is 0 Å². The Labute approximate surface area is 117 Å². The van der Waals surface area contributed by atoms with E-state index in [4.69, 9.17) is 9.52 Å². The SMILES string of the molecule is CCc1nn(C)cc1CNS(=O)(=O)c1ccc(CO)o1. The number of rotatable bonds is 6. The van der Waals surface area contributed by atoms with Crippen LogP contribution in [-0.4, -0.2) is 23.3 Å². The van der Waals surface area contributed by atoms with Crippen molar-refractivity contribution in [3.8, 4) is 0 Å². The zero-order valence-electron chi connectivity index (χ0n) is 11.3. The van der Waals surface area contributed by atoms with Gasteiger partial charge in [-0.2, -0.15) is 5.10 Å². The molecule has 7 nitrogen and oxygen atoms in total. The lowest BCUT2D eigenvalue weighted by atomic mass is 10.2. The van der Waals surface area contributed by atoms with E-state index in [2.05, 4.69) is 9.82 Å². The van der Waals surface area contributed by atoms with Crippen LogP contribution in [0.25, 0.3) is 0 Å². The van der Waals surface area contributed by atoms with Crippen molar-refractivity contribution in [3.05, 3.63) is 35.3 Å². The van der Waals surface area contributed by atoms with Crippen LogP contribution in [0.4, 0.5) is 0 Å². The smallest absolute Gasteiger partial charge is 0.274 e. The third-order valence-corrected chi connectivity index (χ3v) is 4.11. The Balaban J connectivity index is 2.12. The molecule has 8 heteroatoms. The number of furan rings is 1. The van der Waals surface area contributed by atoms with Crippen LogP contribution in [0.15, 0.2) is 27.8 Å². The standard InChI is InChI=1S/C12H17N3O4S/c1-3-11-9(7-15(2)14-11)6-13-20(17,18)12-5-4-10(8-16)19-12/h4-5,7,13,16H,3,6,8H2,1-2H3. The molecule has 0 radical (unpaired) electrons. The summed E-state index contributed by atoms with van der Waals surface area (Å²) < 4.78 is 33.2. The molecule has 0 aliphatic heterocycles. The van der Waals surface area contributed by atoms with Gasteiger partial charge in [-0.25, -0.2) is 13.1 Å². The van der Waals surface area contributed by atoms with Crippen LogP contribution in [0.1, 0.15) is 23.9 Å². The summed E-state index contributed by atoms with van der Waals surface area (Å²) in [5, 5.41) is 12.9. The van der Waals surface area contributed by atoms with Gasteiger partial charge >= 0.3 is 0 Å².